The van der Waals surface area contributed by atoms with Crippen LogP contribution in [-0.2, 0) is 60.8 Å². The van der Waals surface area contributed by atoms with Gasteiger partial charge in [-0.15, -0.1) is 0 Å². The van der Waals surface area contributed by atoms with Crippen molar-refractivity contribution in [1.29, 1.82) is 0 Å². The first-order chi connectivity index (χ1) is 34.9. The Kier molecular flexibility index (Phi) is 23.6. The summed E-state index contributed by atoms with van der Waals surface area (Å²) in [6.45, 7) is 6.68. The zero-order valence-electron chi connectivity index (χ0n) is 42.1. The molecule has 1 saturated heterocycles. The number of rotatable bonds is 16. The molecule has 15 N–H and O–H groups in total. The van der Waals surface area contributed by atoms with Crippen LogP contribution in [0.5, 0.6) is 0 Å². The Morgan fingerprint density at radius 1 is 0.767 bits per heavy atom. The second-order valence-corrected chi connectivity index (χ2v) is 18.4. The summed E-state index contributed by atoms with van der Waals surface area (Å²) in [6.07, 6.45) is 3.37. The topological polar surface area (TPSA) is 365 Å². The molecule has 1 aliphatic heterocycles. The molecule has 4 rings (SSSR count). The van der Waals surface area contributed by atoms with E-state index in [-0.39, 0.29) is 70.4 Å². The number of fused-ring (bicyclic) bond motifs is 1. The Labute approximate surface area is 424 Å². The fourth-order valence-corrected chi connectivity index (χ4v) is 8.17. The van der Waals surface area contributed by atoms with Crippen molar-refractivity contribution in [3.63, 3.8) is 0 Å². The lowest BCUT2D eigenvalue weighted by Crippen LogP contribution is -2.61. The molecule has 1 fully saturated rings. The molecule has 73 heavy (non-hydrogen) atoms. The van der Waals surface area contributed by atoms with E-state index in [0.717, 1.165) is 10.9 Å². The fraction of sp³-hybridized carbons (Fsp3) is 0.520. The number of unbranched alkanes of at least 4 members (excludes halogenated alkanes) is 1. The Hall–Kier alpha value is -7.56. The maximum absolute atomic E-state index is 14.6. The summed E-state index contributed by atoms with van der Waals surface area (Å²) in [5, 5.41) is 19.8. The summed E-state index contributed by atoms with van der Waals surface area (Å²) < 4.78 is 0. The van der Waals surface area contributed by atoms with Gasteiger partial charge in [0.1, 0.15) is 42.3 Å². The molecule has 0 spiro atoms. The number of nitrogens with one attached hydrogen (secondary N) is 9. The summed E-state index contributed by atoms with van der Waals surface area (Å²) in [5.41, 5.74) is 21.6. The van der Waals surface area contributed by atoms with Crippen LogP contribution in [0, 0.1) is 5.92 Å². The summed E-state index contributed by atoms with van der Waals surface area (Å²) in [4.78, 5) is 136. The molecule has 7 atom stereocenters. The van der Waals surface area contributed by atoms with Crippen molar-refractivity contribution in [1.82, 2.24) is 47.7 Å². The zero-order valence-corrected chi connectivity index (χ0v) is 42.1. The van der Waals surface area contributed by atoms with Gasteiger partial charge >= 0.3 is 5.97 Å². The van der Waals surface area contributed by atoms with Gasteiger partial charge in [-0.25, -0.2) is 0 Å². The van der Waals surface area contributed by atoms with Crippen LogP contribution in [-0.4, -0.2) is 120 Å². The number of hydroxylamine groups is 1. The Morgan fingerprint density at radius 2 is 1.42 bits per heavy atom. The van der Waals surface area contributed by atoms with Crippen LogP contribution in [0.2, 0.25) is 0 Å². The van der Waals surface area contributed by atoms with Crippen LogP contribution < -0.4 is 59.9 Å². The smallest absolute Gasteiger partial charge is 0.324 e. The van der Waals surface area contributed by atoms with Crippen LogP contribution in [0.1, 0.15) is 103 Å². The lowest BCUT2D eigenvalue weighted by atomic mass is 9.99. The number of aliphatic imine (C=N–C) groups is 1. The first-order valence-corrected chi connectivity index (χ1v) is 24.8. The molecular weight excluding hydrogens is 943 g/mol. The molecule has 23 nitrogen and oxygen atoms in total. The first-order valence-electron chi connectivity index (χ1n) is 24.8. The number of benzene rings is 2. The number of aromatic nitrogens is 1. The van der Waals surface area contributed by atoms with Gasteiger partial charge < -0.3 is 64.2 Å². The van der Waals surface area contributed by atoms with Gasteiger partial charge in [-0.05, 0) is 68.1 Å². The van der Waals surface area contributed by atoms with E-state index in [9.17, 15) is 43.2 Å². The highest BCUT2D eigenvalue weighted by atomic mass is 16.7. The number of para-hydroxylation sites is 1. The van der Waals surface area contributed by atoms with Crippen molar-refractivity contribution in [2.75, 3.05) is 13.1 Å². The van der Waals surface area contributed by atoms with E-state index in [1.165, 1.54) is 6.92 Å². The number of nitrogens with two attached hydrogens (primary N) is 3. The lowest BCUT2D eigenvalue weighted by molar-refractivity contribution is -0.151. The second-order valence-electron chi connectivity index (χ2n) is 18.4. The number of carbonyl (C=O) groups is 9. The molecule has 398 valence electrons. The molecule has 0 bridgehead atoms. The monoisotopic (exact) mass is 1020 g/mol. The van der Waals surface area contributed by atoms with E-state index in [4.69, 9.17) is 22.0 Å². The average molecular weight is 1020 g/mol. The second kappa shape index (κ2) is 29.7. The molecule has 1 aliphatic rings. The minimum atomic E-state index is -1.40. The van der Waals surface area contributed by atoms with Gasteiger partial charge in [0.25, 0.3) is 0 Å². The number of hydrogen-bond acceptors (Lipinski definition) is 12. The van der Waals surface area contributed by atoms with E-state index in [1.54, 1.807) is 50.4 Å². The maximum Gasteiger partial charge on any atom is 0.324 e. The number of amides is 8. The van der Waals surface area contributed by atoms with E-state index in [1.807, 2.05) is 31.2 Å². The normalized spacial score (nSPS) is 21.9. The SMILES string of the molecule is CCCC[C@H](NC(C)=O)C(=O)N[C@H]1CCC(=O)ONCCCC[C@@H](C(N)=O)NC(=O)[C@H](Cc2c[nH]c3ccccc23)NC(=O)[C@H](CCCN=C(N)N)NC(=O)[C@@H](Cc2ccccc2)NC(=O)[C@H](C(C)C)NC1=O. The van der Waals surface area contributed by atoms with E-state index in [0.29, 0.717) is 36.8 Å². The van der Waals surface area contributed by atoms with E-state index in [2.05, 4.69) is 52.7 Å². The predicted molar refractivity (Wildman–Crippen MR) is 272 cm³/mol. The molecule has 0 unspecified atom stereocenters. The Morgan fingerprint density at radius 3 is 2.11 bits per heavy atom. The van der Waals surface area contributed by atoms with Crippen molar-refractivity contribution in [2.24, 2.45) is 28.1 Å². The van der Waals surface area contributed by atoms with Gasteiger partial charge in [-0.3, -0.25) is 48.1 Å². The number of hydrogen-bond donors (Lipinski definition) is 12. The predicted octanol–water partition coefficient (Wildman–Crippen LogP) is -0.236. The molecule has 0 radical (unpaired) electrons. The van der Waals surface area contributed by atoms with E-state index < -0.39 is 101 Å². The first kappa shape index (κ1) is 58.0. The highest BCUT2D eigenvalue weighted by molar-refractivity contribution is 5.98. The minimum Gasteiger partial charge on any atom is -0.371 e. The third-order valence-electron chi connectivity index (χ3n) is 12.2. The average Bonchev–Trinajstić information content (AvgIpc) is 3.76. The largest absolute Gasteiger partial charge is 0.371 e. The molecule has 8 amide bonds. The molecule has 0 aliphatic carbocycles. The van der Waals surface area contributed by atoms with Gasteiger partial charge in [0.2, 0.25) is 47.3 Å². The number of primary amides is 1. The Balaban J connectivity index is 1.75. The van der Waals surface area contributed by atoms with Gasteiger partial charge in [0, 0.05) is 56.4 Å². The fourth-order valence-electron chi connectivity index (χ4n) is 8.17. The lowest BCUT2D eigenvalue weighted by Gasteiger charge is -2.29. The molecule has 23 heteroatoms. The van der Waals surface area contributed by atoms with Crippen molar-refractivity contribution >= 4 is 70.1 Å². The summed E-state index contributed by atoms with van der Waals surface area (Å²) in [7, 11) is 0. The number of H-pyrrole nitrogens is 1. The quantitative estimate of drug-likeness (QED) is 0.0502. The van der Waals surface area contributed by atoms with Gasteiger partial charge in [-0.2, -0.15) is 5.48 Å². The van der Waals surface area contributed by atoms with Crippen LogP contribution in [0.4, 0.5) is 0 Å². The number of carbonyl (C=O) groups excluding carboxylic acids is 9. The van der Waals surface area contributed by atoms with E-state index >= 15 is 0 Å². The molecule has 1 aromatic heterocycles. The zero-order chi connectivity index (χ0) is 53.5. The van der Waals surface area contributed by atoms with Gasteiger partial charge in [0.05, 0.1) is 0 Å². The van der Waals surface area contributed by atoms with Crippen molar-refractivity contribution in [2.45, 2.75) is 147 Å². The molecule has 3 aromatic rings. The number of guanidine groups is 1. The molecule has 0 saturated carbocycles. The van der Waals surface area contributed by atoms with Gasteiger partial charge in [-0.1, -0.05) is 82.1 Å². The summed E-state index contributed by atoms with van der Waals surface area (Å²) in [5.74, 6) is -7.48. The maximum atomic E-state index is 14.6. The third kappa shape index (κ3) is 19.5. The highest BCUT2D eigenvalue weighted by Crippen LogP contribution is 2.20. The number of nitrogens with zero attached hydrogens (tertiary/aromatic N) is 1. The van der Waals surface area contributed by atoms with Crippen molar-refractivity contribution in [3.8, 4) is 0 Å². The Bertz CT molecular complexity index is 2390. The van der Waals surface area contributed by atoms with Crippen LogP contribution >= 0.6 is 0 Å². The van der Waals surface area contributed by atoms with Crippen molar-refractivity contribution in [3.05, 3.63) is 71.9 Å². The standard InChI is InChI=1S/C50H73N13O10/c1-5-6-18-36(57-30(4)64)44(67)60-38-22-23-41(65)73-56-25-13-12-20-35(43(51)66)58-48(71)40(27-32-28-55-34-19-11-10-17-33(32)34)61-45(68)37(21-14-24-54-50(52)53)59-47(70)39(26-31-15-8-7-9-16-31)62-49(72)42(29(2)3)63-46(38)69/h7-11,15-17,19,28-29,35-40,42,55-56H,5-6,12-14,18,20-27H2,1-4H3,(H2,51,66)(H,57,64)(H,58,71)(H,59,70)(H,60,67)(H,61,68)(H,62,72)(H,63,69)(H4,52,53,54)/t35-,36-,37-,38-,39+,40-,42-/m0/s1. The van der Waals surface area contributed by atoms with Crippen LogP contribution in [0.25, 0.3) is 10.9 Å². The summed E-state index contributed by atoms with van der Waals surface area (Å²) in [6, 6.07) is 7.21. The van der Waals surface area contributed by atoms with Crippen LogP contribution in [0.15, 0.2) is 65.8 Å². The summed E-state index contributed by atoms with van der Waals surface area (Å²) >= 11 is 0. The molecule has 2 aromatic carbocycles. The highest BCUT2D eigenvalue weighted by Gasteiger charge is 2.35. The van der Waals surface area contributed by atoms with Crippen molar-refractivity contribution < 1.29 is 48.0 Å². The molecule has 2 heterocycles. The minimum absolute atomic E-state index is 0.0367. The molecular formula is C50H73N13O10. The van der Waals surface area contributed by atoms with Crippen LogP contribution in [0.3, 0.4) is 0 Å². The number of aromatic amines is 1. The van der Waals surface area contributed by atoms with Gasteiger partial charge in [0.15, 0.2) is 5.96 Å². The third-order valence-corrected chi connectivity index (χ3v) is 12.2.